The number of hydrogen-bond donors (Lipinski definition) is 1. The molecule has 0 aliphatic rings. The molecule has 2 rings (SSSR count). The molecule has 0 bridgehead atoms. The highest BCUT2D eigenvalue weighted by Crippen LogP contribution is 2.24. The maximum absolute atomic E-state index is 6.01. The molecule has 0 saturated heterocycles. The molecule has 0 fully saturated rings. The molecule has 2 aromatic rings. The lowest BCUT2D eigenvalue weighted by molar-refractivity contribution is 0.423. The van der Waals surface area contributed by atoms with E-state index >= 15 is 0 Å². The normalized spacial score (nSPS) is 11.8. The second-order valence-corrected chi connectivity index (χ2v) is 7.58. The van der Waals surface area contributed by atoms with E-state index in [1.807, 2.05) is 18.2 Å². The number of aromatic nitrogens is 2. The van der Waals surface area contributed by atoms with Gasteiger partial charge in [-0.2, -0.15) is 0 Å². The summed E-state index contributed by atoms with van der Waals surface area (Å²) in [5.41, 5.74) is 1.17. The maximum atomic E-state index is 6.01. The number of benzene rings is 1. The molecule has 1 aromatic heterocycles. The van der Waals surface area contributed by atoms with Gasteiger partial charge in [0.25, 0.3) is 0 Å². The van der Waals surface area contributed by atoms with Crippen LogP contribution in [0.1, 0.15) is 36.3 Å². The number of hydrogen-bond acceptors (Lipinski definition) is 4. The molecule has 1 N–H and O–H groups in total. The highest BCUT2D eigenvalue weighted by molar-refractivity contribution is 7.11. The van der Waals surface area contributed by atoms with Gasteiger partial charge in [-0.3, -0.25) is 0 Å². The van der Waals surface area contributed by atoms with Crippen molar-refractivity contribution >= 4 is 34.5 Å². The highest BCUT2D eigenvalue weighted by Gasteiger charge is 2.11. The van der Waals surface area contributed by atoms with E-state index in [4.69, 9.17) is 23.2 Å². The molecule has 0 aliphatic heterocycles. The highest BCUT2D eigenvalue weighted by atomic mass is 35.5. The third-order valence-electron chi connectivity index (χ3n) is 2.62. The standard InChI is InChI=1S/C14H17Cl2N3S/c1-14(2,3)17-8-13-19-18-12(20-13)7-9-4-5-10(15)11(16)6-9/h4-6,17H,7-8H2,1-3H3. The summed E-state index contributed by atoms with van der Waals surface area (Å²) in [4.78, 5) is 0. The minimum Gasteiger partial charge on any atom is -0.306 e. The van der Waals surface area contributed by atoms with Crippen molar-refractivity contribution < 1.29 is 0 Å². The van der Waals surface area contributed by atoms with Crippen molar-refractivity contribution in [3.63, 3.8) is 0 Å². The molecule has 0 saturated carbocycles. The molecule has 1 heterocycles. The summed E-state index contributed by atoms with van der Waals surface area (Å²) in [7, 11) is 0. The second kappa shape index (κ2) is 6.39. The van der Waals surface area contributed by atoms with E-state index in [1.165, 1.54) is 0 Å². The summed E-state index contributed by atoms with van der Waals surface area (Å²) in [6, 6.07) is 5.64. The van der Waals surface area contributed by atoms with Crippen LogP contribution in [0.5, 0.6) is 0 Å². The Morgan fingerprint density at radius 2 is 1.80 bits per heavy atom. The van der Waals surface area contributed by atoms with Gasteiger partial charge >= 0.3 is 0 Å². The fourth-order valence-electron chi connectivity index (χ4n) is 1.60. The van der Waals surface area contributed by atoms with Gasteiger partial charge in [0.05, 0.1) is 16.6 Å². The van der Waals surface area contributed by atoms with Crippen LogP contribution in [0.4, 0.5) is 0 Å². The Kier molecular flexibility index (Phi) is 5.02. The van der Waals surface area contributed by atoms with E-state index in [-0.39, 0.29) is 5.54 Å². The molecule has 0 spiro atoms. The van der Waals surface area contributed by atoms with E-state index in [0.717, 1.165) is 28.5 Å². The topological polar surface area (TPSA) is 37.8 Å². The smallest absolute Gasteiger partial charge is 0.131 e. The molecular weight excluding hydrogens is 313 g/mol. The SMILES string of the molecule is CC(C)(C)NCc1nnc(Cc2ccc(Cl)c(Cl)c2)s1. The predicted molar refractivity (Wildman–Crippen MR) is 85.8 cm³/mol. The van der Waals surface area contributed by atoms with Gasteiger partial charge in [0.15, 0.2) is 0 Å². The lowest BCUT2D eigenvalue weighted by Crippen LogP contribution is -2.35. The van der Waals surface area contributed by atoms with Crippen molar-refractivity contribution in [2.75, 3.05) is 0 Å². The summed E-state index contributed by atoms with van der Waals surface area (Å²) in [5.74, 6) is 0. The summed E-state index contributed by atoms with van der Waals surface area (Å²) in [6.45, 7) is 7.13. The first-order valence-electron chi connectivity index (χ1n) is 6.34. The zero-order valence-corrected chi connectivity index (χ0v) is 14.0. The molecule has 3 nitrogen and oxygen atoms in total. The second-order valence-electron chi connectivity index (χ2n) is 5.62. The fraction of sp³-hybridized carbons (Fsp3) is 0.429. The largest absolute Gasteiger partial charge is 0.306 e. The molecule has 0 radical (unpaired) electrons. The quantitative estimate of drug-likeness (QED) is 0.907. The first kappa shape index (κ1) is 15.7. The first-order chi connectivity index (χ1) is 9.33. The Bertz CT molecular complexity index is 590. The Balaban J connectivity index is 2.00. The Morgan fingerprint density at radius 3 is 2.45 bits per heavy atom. The van der Waals surface area contributed by atoms with Crippen LogP contribution < -0.4 is 5.32 Å². The number of nitrogens with one attached hydrogen (secondary N) is 1. The van der Waals surface area contributed by atoms with Crippen molar-refractivity contribution in [1.82, 2.24) is 15.5 Å². The number of nitrogens with zero attached hydrogens (tertiary/aromatic N) is 2. The van der Waals surface area contributed by atoms with Crippen LogP contribution in [0.25, 0.3) is 0 Å². The van der Waals surface area contributed by atoms with Crippen LogP contribution in [0, 0.1) is 0 Å². The van der Waals surface area contributed by atoms with E-state index in [2.05, 4.69) is 36.3 Å². The van der Waals surface area contributed by atoms with Crippen molar-refractivity contribution in [2.45, 2.75) is 39.3 Å². The monoisotopic (exact) mass is 329 g/mol. The van der Waals surface area contributed by atoms with Crippen LogP contribution in [0.15, 0.2) is 18.2 Å². The van der Waals surface area contributed by atoms with Gasteiger partial charge in [-0.15, -0.1) is 10.2 Å². The van der Waals surface area contributed by atoms with E-state index in [1.54, 1.807) is 11.3 Å². The van der Waals surface area contributed by atoms with Gasteiger partial charge in [0, 0.05) is 12.0 Å². The third kappa shape index (κ3) is 4.70. The lowest BCUT2D eigenvalue weighted by Gasteiger charge is -2.19. The first-order valence-corrected chi connectivity index (χ1v) is 7.91. The minimum absolute atomic E-state index is 0.0789. The molecule has 1 aromatic carbocycles. The number of halogens is 2. The van der Waals surface area contributed by atoms with Crippen molar-refractivity contribution in [1.29, 1.82) is 0 Å². The van der Waals surface area contributed by atoms with Crippen molar-refractivity contribution in [3.05, 3.63) is 43.8 Å². The molecule has 20 heavy (non-hydrogen) atoms. The predicted octanol–water partition coefficient (Wildman–Crippen LogP) is 4.32. The van der Waals surface area contributed by atoms with Crippen molar-refractivity contribution in [2.24, 2.45) is 0 Å². The Hall–Kier alpha value is -0.680. The number of rotatable bonds is 4. The molecule has 6 heteroatoms. The third-order valence-corrected chi connectivity index (χ3v) is 4.28. The summed E-state index contributed by atoms with van der Waals surface area (Å²) >= 11 is 13.5. The van der Waals surface area contributed by atoms with Crippen LogP contribution in [-0.2, 0) is 13.0 Å². The maximum Gasteiger partial charge on any atom is 0.131 e. The molecular formula is C14H17Cl2N3S. The van der Waals surface area contributed by atoms with E-state index < -0.39 is 0 Å². The van der Waals surface area contributed by atoms with Crippen molar-refractivity contribution in [3.8, 4) is 0 Å². The lowest BCUT2D eigenvalue weighted by atomic mass is 10.1. The van der Waals surface area contributed by atoms with Gasteiger partial charge in [0.2, 0.25) is 0 Å². The van der Waals surface area contributed by atoms with Gasteiger partial charge in [-0.25, -0.2) is 0 Å². The summed E-state index contributed by atoms with van der Waals surface area (Å²) < 4.78 is 0. The van der Waals surface area contributed by atoms with E-state index in [0.29, 0.717) is 10.0 Å². The van der Waals surface area contributed by atoms with Crippen LogP contribution in [-0.4, -0.2) is 15.7 Å². The zero-order valence-electron chi connectivity index (χ0n) is 11.7. The molecule has 0 amide bonds. The molecule has 0 aliphatic carbocycles. The summed E-state index contributed by atoms with van der Waals surface area (Å²) in [6.07, 6.45) is 0.726. The van der Waals surface area contributed by atoms with Crippen LogP contribution in [0.2, 0.25) is 10.0 Å². The zero-order chi connectivity index (χ0) is 14.8. The average molecular weight is 330 g/mol. The minimum atomic E-state index is 0.0789. The van der Waals surface area contributed by atoms with Gasteiger partial charge < -0.3 is 5.32 Å². The Morgan fingerprint density at radius 1 is 1.10 bits per heavy atom. The fourth-order valence-corrected chi connectivity index (χ4v) is 2.74. The summed E-state index contributed by atoms with van der Waals surface area (Å²) in [5, 5.41) is 14.9. The Labute approximate surface area is 133 Å². The molecule has 0 unspecified atom stereocenters. The van der Waals surface area contributed by atoms with Gasteiger partial charge in [-0.05, 0) is 38.5 Å². The van der Waals surface area contributed by atoms with Crippen LogP contribution in [0.3, 0.4) is 0 Å². The van der Waals surface area contributed by atoms with Crippen LogP contribution >= 0.6 is 34.5 Å². The molecule has 108 valence electrons. The van der Waals surface area contributed by atoms with E-state index in [9.17, 15) is 0 Å². The molecule has 0 atom stereocenters. The average Bonchev–Trinajstić information content (AvgIpc) is 2.78. The van der Waals surface area contributed by atoms with Gasteiger partial charge in [0.1, 0.15) is 10.0 Å². The van der Waals surface area contributed by atoms with Gasteiger partial charge in [-0.1, -0.05) is 40.6 Å².